The highest BCUT2D eigenvalue weighted by atomic mass is 32.2. The van der Waals surface area contributed by atoms with Gasteiger partial charge in [-0.1, -0.05) is 48.6 Å². The molecule has 1 fully saturated rings. The van der Waals surface area contributed by atoms with Crippen molar-refractivity contribution in [3.8, 4) is 0 Å². The van der Waals surface area contributed by atoms with Gasteiger partial charge in [-0.2, -0.15) is 0 Å². The van der Waals surface area contributed by atoms with E-state index in [4.69, 9.17) is 17.3 Å². The Hall–Kier alpha value is -2.97. The normalized spacial score (nSPS) is 15.3. The van der Waals surface area contributed by atoms with Crippen molar-refractivity contribution in [1.29, 1.82) is 0 Å². The molecule has 0 atom stereocenters. The molecule has 2 aromatic carbocycles. The first-order chi connectivity index (χ1) is 12.9. The first-order valence-electron chi connectivity index (χ1n) is 7.87. The van der Waals surface area contributed by atoms with E-state index in [1.165, 1.54) is 23.1 Å². The van der Waals surface area contributed by atoms with Gasteiger partial charge in [0.25, 0.3) is 5.24 Å². The summed E-state index contributed by atoms with van der Waals surface area (Å²) in [4.78, 5) is 37.6. The van der Waals surface area contributed by atoms with E-state index in [1.807, 2.05) is 30.3 Å². The smallest absolute Gasteiger partial charge is 0.335 e. The van der Waals surface area contributed by atoms with Crippen LogP contribution in [-0.2, 0) is 4.79 Å². The van der Waals surface area contributed by atoms with Gasteiger partial charge in [0.2, 0.25) is 5.91 Å². The largest absolute Gasteiger partial charge is 0.478 e. The van der Waals surface area contributed by atoms with Crippen molar-refractivity contribution in [2.24, 2.45) is 0 Å². The Morgan fingerprint density at radius 3 is 2.59 bits per heavy atom. The Kier molecular flexibility index (Phi) is 5.68. The number of carbonyl (C=O) groups excluding carboxylic acids is 2. The number of rotatable bonds is 5. The summed E-state index contributed by atoms with van der Waals surface area (Å²) in [5.41, 5.74) is 1.31. The highest BCUT2D eigenvalue weighted by Crippen LogP contribution is 2.33. The summed E-state index contributed by atoms with van der Waals surface area (Å²) < 4.78 is 0. The van der Waals surface area contributed by atoms with Gasteiger partial charge in [-0.25, -0.2) is 4.79 Å². The number of anilines is 1. The maximum Gasteiger partial charge on any atom is 0.335 e. The van der Waals surface area contributed by atoms with Crippen LogP contribution in [0, 0.1) is 0 Å². The third-order valence-electron chi connectivity index (χ3n) is 3.67. The molecule has 1 aliphatic rings. The van der Waals surface area contributed by atoms with Crippen molar-refractivity contribution in [2.45, 2.75) is 0 Å². The fourth-order valence-electron chi connectivity index (χ4n) is 2.41. The van der Waals surface area contributed by atoms with Gasteiger partial charge in [0.15, 0.2) is 0 Å². The third kappa shape index (κ3) is 4.60. The van der Waals surface area contributed by atoms with Crippen LogP contribution in [0.15, 0.2) is 59.5 Å². The Bertz CT molecular complexity index is 957. The minimum absolute atomic E-state index is 0.0594. The van der Waals surface area contributed by atoms with Crippen molar-refractivity contribution < 1.29 is 19.5 Å². The van der Waals surface area contributed by atoms with Crippen LogP contribution in [0.2, 0.25) is 0 Å². The van der Waals surface area contributed by atoms with Gasteiger partial charge >= 0.3 is 5.97 Å². The summed E-state index contributed by atoms with van der Waals surface area (Å²) in [6.45, 7) is -0.242. The summed E-state index contributed by atoms with van der Waals surface area (Å²) in [6.07, 6.45) is 1.80. The van der Waals surface area contributed by atoms with Crippen LogP contribution in [0.3, 0.4) is 0 Å². The van der Waals surface area contributed by atoms with E-state index in [0.717, 1.165) is 17.3 Å². The maximum absolute atomic E-state index is 12.3. The summed E-state index contributed by atoms with van der Waals surface area (Å²) in [7, 11) is 0. The van der Waals surface area contributed by atoms with Gasteiger partial charge in [-0.05, 0) is 41.6 Å². The Balaban J connectivity index is 1.68. The first kappa shape index (κ1) is 18.8. The quantitative estimate of drug-likeness (QED) is 0.587. The van der Waals surface area contributed by atoms with Gasteiger partial charge in [-0.3, -0.25) is 14.5 Å². The van der Waals surface area contributed by atoms with Crippen molar-refractivity contribution in [2.75, 3.05) is 11.9 Å². The molecule has 8 heteroatoms. The number of amides is 2. The van der Waals surface area contributed by atoms with Crippen molar-refractivity contribution in [1.82, 2.24) is 4.90 Å². The zero-order valence-corrected chi connectivity index (χ0v) is 15.5. The number of thiocarbonyl (C=S) groups is 1. The SMILES string of the molecule is O=C(CN1C(=O)SC(=Cc2ccccc2)C1=S)Nc1cccc(C(=O)O)c1. The van der Waals surface area contributed by atoms with Gasteiger partial charge in [0, 0.05) is 5.69 Å². The number of carboxylic acids is 1. The van der Waals surface area contributed by atoms with Crippen LogP contribution in [0.5, 0.6) is 0 Å². The minimum Gasteiger partial charge on any atom is -0.478 e. The van der Waals surface area contributed by atoms with E-state index in [1.54, 1.807) is 12.1 Å². The zero-order valence-electron chi connectivity index (χ0n) is 13.9. The lowest BCUT2D eigenvalue weighted by molar-refractivity contribution is -0.116. The second-order valence-corrected chi connectivity index (χ2v) is 6.99. The molecule has 1 saturated heterocycles. The average Bonchev–Trinajstić information content (AvgIpc) is 2.90. The van der Waals surface area contributed by atoms with Crippen LogP contribution in [0.4, 0.5) is 10.5 Å². The first-order valence-corrected chi connectivity index (χ1v) is 9.10. The number of hydrogen-bond donors (Lipinski definition) is 2. The van der Waals surface area contributed by atoms with E-state index in [2.05, 4.69) is 5.32 Å². The zero-order chi connectivity index (χ0) is 19.4. The van der Waals surface area contributed by atoms with Crippen molar-refractivity contribution in [3.05, 3.63) is 70.6 Å². The molecule has 0 spiro atoms. The number of thioether (sulfide) groups is 1. The van der Waals surface area contributed by atoms with Crippen LogP contribution in [0.1, 0.15) is 15.9 Å². The van der Waals surface area contributed by atoms with Crippen molar-refractivity contribution in [3.63, 3.8) is 0 Å². The van der Waals surface area contributed by atoms with Crippen molar-refractivity contribution >= 4 is 57.8 Å². The number of carboxylic acid groups (broad SMARTS) is 1. The maximum atomic E-state index is 12.3. The molecule has 0 radical (unpaired) electrons. The number of aromatic carboxylic acids is 1. The molecule has 0 unspecified atom stereocenters. The highest BCUT2D eigenvalue weighted by molar-refractivity contribution is 8.19. The summed E-state index contributed by atoms with van der Waals surface area (Å²) in [5.74, 6) is -1.55. The molecule has 0 saturated carbocycles. The number of hydrogen-bond acceptors (Lipinski definition) is 5. The van der Waals surface area contributed by atoms with Gasteiger partial charge in [0.05, 0.1) is 10.5 Å². The molecule has 1 aliphatic heterocycles. The molecule has 0 aliphatic carbocycles. The number of benzene rings is 2. The molecule has 0 bridgehead atoms. The van der Waals surface area contributed by atoms with Crippen LogP contribution in [-0.4, -0.2) is 38.7 Å². The summed E-state index contributed by atoms with van der Waals surface area (Å²) >= 11 is 6.31. The van der Waals surface area contributed by atoms with Gasteiger partial charge in [-0.15, -0.1) is 0 Å². The molecule has 2 N–H and O–H groups in total. The fourth-order valence-corrected chi connectivity index (χ4v) is 3.65. The molecule has 3 rings (SSSR count). The molecular weight excluding hydrogens is 384 g/mol. The lowest BCUT2D eigenvalue weighted by atomic mass is 10.2. The van der Waals surface area contributed by atoms with E-state index in [0.29, 0.717) is 15.6 Å². The highest BCUT2D eigenvalue weighted by Gasteiger charge is 2.33. The lowest BCUT2D eigenvalue weighted by Gasteiger charge is -2.14. The number of carbonyl (C=O) groups is 3. The second kappa shape index (κ2) is 8.15. The average molecular weight is 398 g/mol. The molecule has 136 valence electrons. The molecule has 1 heterocycles. The lowest BCUT2D eigenvalue weighted by Crippen LogP contribution is -2.35. The third-order valence-corrected chi connectivity index (χ3v) is 5.16. The van der Waals surface area contributed by atoms with E-state index >= 15 is 0 Å². The predicted octanol–water partition coefficient (Wildman–Crippen LogP) is 3.86. The van der Waals surface area contributed by atoms with Crippen LogP contribution in [0.25, 0.3) is 6.08 Å². The molecule has 0 aromatic heterocycles. The molecule has 6 nitrogen and oxygen atoms in total. The van der Waals surface area contributed by atoms with E-state index in [-0.39, 0.29) is 17.3 Å². The molecular formula is C19H14N2O4S2. The predicted molar refractivity (Wildman–Crippen MR) is 109 cm³/mol. The van der Waals surface area contributed by atoms with E-state index < -0.39 is 11.9 Å². The Morgan fingerprint density at radius 1 is 1.15 bits per heavy atom. The minimum atomic E-state index is -1.09. The van der Waals surface area contributed by atoms with E-state index in [9.17, 15) is 14.4 Å². The summed E-state index contributed by atoms with van der Waals surface area (Å²) in [6, 6.07) is 15.3. The Morgan fingerprint density at radius 2 is 1.89 bits per heavy atom. The Labute approximate surface area is 164 Å². The van der Waals surface area contributed by atoms with Crippen LogP contribution >= 0.6 is 24.0 Å². The monoisotopic (exact) mass is 398 g/mol. The topological polar surface area (TPSA) is 86.7 Å². The molecule has 2 amide bonds. The summed E-state index contributed by atoms with van der Waals surface area (Å²) in [5, 5.41) is 11.3. The molecule has 2 aromatic rings. The second-order valence-electron chi connectivity index (χ2n) is 5.61. The van der Waals surface area contributed by atoms with Gasteiger partial charge < -0.3 is 10.4 Å². The fraction of sp³-hybridized carbons (Fsp3) is 0.0526. The standard InChI is InChI=1S/C19H14N2O4S2/c22-16(20-14-8-4-7-13(10-14)18(23)24)11-21-17(26)15(27-19(21)25)9-12-5-2-1-3-6-12/h1-10H,11H2,(H,20,22)(H,23,24). The number of nitrogens with one attached hydrogen (secondary N) is 1. The number of nitrogens with zero attached hydrogens (tertiary/aromatic N) is 1. The van der Waals surface area contributed by atoms with Gasteiger partial charge in [0.1, 0.15) is 11.5 Å². The van der Waals surface area contributed by atoms with Crippen LogP contribution < -0.4 is 5.32 Å². The molecule has 27 heavy (non-hydrogen) atoms.